The Hall–Kier alpha value is -1.03. The second kappa shape index (κ2) is 5.54. The number of carbonyl (C=O) groups is 1. The maximum atomic E-state index is 11.7. The summed E-state index contributed by atoms with van der Waals surface area (Å²) < 4.78 is 11.6. The van der Waals surface area contributed by atoms with Crippen LogP contribution >= 0.6 is 15.9 Å². The molecule has 1 aromatic rings. The van der Waals surface area contributed by atoms with Gasteiger partial charge in [-0.1, -0.05) is 12.1 Å². The van der Waals surface area contributed by atoms with Crippen molar-refractivity contribution in [3.05, 3.63) is 28.7 Å². The van der Waals surface area contributed by atoms with Gasteiger partial charge in [0.15, 0.2) is 6.10 Å². The molecule has 1 rings (SSSR count). The predicted octanol–water partition coefficient (Wildman–Crippen LogP) is 3.56. The minimum absolute atomic E-state index is 0.367. The lowest BCUT2D eigenvalue weighted by Gasteiger charge is -2.22. The smallest absolute Gasteiger partial charge is 0.347 e. The van der Waals surface area contributed by atoms with Crippen molar-refractivity contribution in [2.24, 2.45) is 0 Å². The van der Waals surface area contributed by atoms with E-state index in [0.717, 1.165) is 4.47 Å². The Labute approximate surface area is 110 Å². The van der Waals surface area contributed by atoms with E-state index >= 15 is 0 Å². The van der Waals surface area contributed by atoms with E-state index in [0.29, 0.717) is 5.75 Å². The van der Waals surface area contributed by atoms with Gasteiger partial charge in [0.1, 0.15) is 11.4 Å². The van der Waals surface area contributed by atoms with Gasteiger partial charge in [-0.3, -0.25) is 0 Å². The topological polar surface area (TPSA) is 35.5 Å². The molecule has 0 fully saturated rings. The van der Waals surface area contributed by atoms with Crippen LogP contribution in [0.25, 0.3) is 0 Å². The van der Waals surface area contributed by atoms with Crippen molar-refractivity contribution in [3.63, 3.8) is 0 Å². The normalized spacial score (nSPS) is 13.0. The third kappa shape index (κ3) is 4.77. The SMILES string of the molecule is CC(Oc1ccccc1Br)C(=O)OC(C)(C)C. The fourth-order valence-corrected chi connectivity index (χ4v) is 1.54. The monoisotopic (exact) mass is 300 g/mol. The Morgan fingerprint density at radius 2 is 1.88 bits per heavy atom. The zero-order valence-electron chi connectivity index (χ0n) is 10.5. The molecular formula is C13H17BrO3. The van der Waals surface area contributed by atoms with Crippen LogP contribution in [0.2, 0.25) is 0 Å². The highest BCUT2D eigenvalue weighted by molar-refractivity contribution is 9.10. The number of rotatable bonds is 3. The number of halogens is 1. The van der Waals surface area contributed by atoms with Gasteiger partial charge in [0.25, 0.3) is 0 Å². The van der Waals surface area contributed by atoms with Crippen LogP contribution in [0.5, 0.6) is 5.75 Å². The first-order valence-corrected chi connectivity index (χ1v) is 6.23. The van der Waals surface area contributed by atoms with Gasteiger partial charge in [-0.05, 0) is 55.8 Å². The minimum Gasteiger partial charge on any atom is -0.478 e. The quantitative estimate of drug-likeness (QED) is 0.801. The van der Waals surface area contributed by atoms with Gasteiger partial charge in [0, 0.05) is 0 Å². The Morgan fingerprint density at radius 1 is 1.29 bits per heavy atom. The van der Waals surface area contributed by atoms with E-state index in [9.17, 15) is 4.79 Å². The Morgan fingerprint density at radius 3 is 2.41 bits per heavy atom. The molecule has 3 nitrogen and oxygen atoms in total. The molecule has 17 heavy (non-hydrogen) atoms. The summed E-state index contributed by atoms with van der Waals surface area (Å²) in [6.07, 6.45) is -0.632. The van der Waals surface area contributed by atoms with Crippen LogP contribution in [-0.4, -0.2) is 17.7 Å². The molecule has 94 valence electrons. The van der Waals surface area contributed by atoms with Crippen LogP contribution in [-0.2, 0) is 9.53 Å². The van der Waals surface area contributed by atoms with Crippen LogP contribution in [0.3, 0.4) is 0 Å². The van der Waals surface area contributed by atoms with Crippen molar-refractivity contribution in [2.45, 2.75) is 39.4 Å². The number of hydrogen-bond acceptors (Lipinski definition) is 3. The Balaban J connectivity index is 2.64. The molecule has 0 saturated carbocycles. The number of benzene rings is 1. The highest BCUT2D eigenvalue weighted by Crippen LogP contribution is 2.25. The summed E-state index contributed by atoms with van der Waals surface area (Å²) in [7, 11) is 0. The first-order chi connectivity index (χ1) is 7.79. The van der Waals surface area contributed by atoms with E-state index in [-0.39, 0.29) is 5.97 Å². The number of esters is 1. The number of para-hydroxylation sites is 1. The van der Waals surface area contributed by atoms with Crippen molar-refractivity contribution in [1.29, 1.82) is 0 Å². The third-order valence-corrected chi connectivity index (χ3v) is 2.53. The number of carbonyl (C=O) groups excluding carboxylic acids is 1. The fourth-order valence-electron chi connectivity index (χ4n) is 1.16. The molecule has 0 saturated heterocycles. The average Bonchev–Trinajstić information content (AvgIpc) is 2.18. The molecule has 0 N–H and O–H groups in total. The molecule has 1 unspecified atom stereocenters. The minimum atomic E-state index is -0.632. The molecular weight excluding hydrogens is 284 g/mol. The molecule has 0 heterocycles. The maximum Gasteiger partial charge on any atom is 0.347 e. The zero-order chi connectivity index (χ0) is 13.1. The van der Waals surface area contributed by atoms with Gasteiger partial charge >= 0.3 is 5.97 Å². The van der Waals surface area contributed by atoms with Crippen LogP contribution < -0.4 is 4.74 Å². The second-order valence-electron chi connectivity index (χ2n) is 4.72. The summed E-state index contributed by atoms with van der Waals surface area (Å²) in [5.74, 6) is 0.263. The Bertz CT molecular complexity index is 396. The number of hydrogen-bond donors (Lipinski definition) is 0. The standard InChI is InChI=1S/C13H17BrO3/c1-9(12(15)17-13(2,3)4)16-11-8-6-5-7-10(11)14/h5-9H,1-4H3. The van der Waals surface area contributed by atoms with E-state index < -0.39 is 11.7 Å². The molecule has 0 bridgehead atoms. The van der Waals surface area contributed by atoms with E-state index in [1.165, 1.54) is 0 Å². The van der Waals surface area contributed by atoms with Crippen molar-refractivity contribution in [2.75, 3.05) is 0 Å². The van der Waals surface area contributed by atoms with Gasteiger partial charge in [-0.25, -0.2) is 4.79 Å². The van der Waals surface area contributed by atoms with Crippen molar-refractivity contribution < 1.29 is 14.3 Å². The first-order valence-electron chi connectivity index (χ1n) is 5.43. The molecule has 0 spiro atoms. The molecule has 1 aromatic carbocycles. The van der Waals surface area contributed by atoms with Crippen LogP contribution in [0, 0.1) is 0 Å². The van der Waals surface area contributed by atoms with Crippen molar-refractivity contribution in [3.8, 4) is 5.75 Å². The molecule has 0 amide bonds. The van der Waals surface area contributed by atoms with Crippen LogP contribution in [0.1, 0.15) is 27.7 Å². The van der Waals surface area contributed by atoms with Crippen LogP contribution in [0.15, 0.2) is 28.7 Å². The number of ether oxygens (including phenoxy) is 2. The molecule has 0 aliphatic carbocycles. The highest BCUT2D eigenvalue weighted by atomic mass is 79.9. The summed E-state index contributed by atoms with van der Waals surface area (Å²) in [6, 6.07) is 7.39. The van der Waals surface area contributed by atoms with E-state index in [1.54, 1.807) is 13.0 Å². The van der Waals surface area contributed by atoms with E-state index in [1.807, 2.05) is 39.0 Å². The van der Waals surface area contributed by atoms with Gasteiger partial charge < -0.3 is 9.47 Å². The molecule has 0 aromatic heterocycles. The largest absolute Gasteiger partial charge is 0.478 e. The third-order valence-electron chi connectivity index (χ3n) is 1.88. The lowest BCUT2D eigenvalue weighted by Crippen LogP contribution is -2.33. The first kappa shape index (κ1) is 14.0. The van der Waals surface area contributed by atoms with Gasteiger partial charge in [-0.15, -0.1) is 0 Å². The fraction of sp³-hybridized carbons (Fsp3) is 0.462. The van der Waals surface area contributed by atoms with E-state index in [2.05, 4.69) is 15.9 Å². The molecule has 1 atom stereocenters. The molecule has 0 aliphatic heterocycles. The lowest BCUT2D eigenvalue weighted by atomic mass is 10.2. The summed E-state index contributed by atoms with van der Waals surface area (Å²) in [4.78, 5) is 11.7. The Kier molecular flexibility index (Phi) is 4.57. The highest BCUT2D eigenvalue weighted by Gasteiger charge is 2.23. The van der Waals surface area contributed by atoms with Gasteiger partial charge in [0.05, 0.1) is 4.47 Å². The second-order valence-corrected chi connectivity index (χ2v) is 5.58. The van der Waals surface area contributed by atoms with Crippen molar-refractivity contribution in [1.82, 2.24) is 0 Å². The lowest BCUT2D eigenvalue weighted by molar-refractivity contribution is -0.162. The van der Waals surface area contributed by atoms with Crippen LogP contribution in [0.4, 0.5) is 0 Å². The molecule has 0 radical (unpaired) electrons. The van der Waals surface area contributed by atoms with E-state index in [4.69, 9.17) is 9.47 Å². The van der Waals surface area contributed by atoms with Gasteiger partial charge in [0.2, 0.25) is 0 Å². The van der Waals surface area contributed by atoms with Gasteiger partial charge in [-0.2, -0.15) is 0 Å². The summed E-state index contributed by atoms with van der Waals surface area (Å²) in [6.45, 7) is 7.16. The van der Waals surface area contributed by atoms with Crippen molar-refractivity contribution >= 4 is 21.9 Å². The summed E-state index contributed by atoms with van der Waals surface area (Å²) in [5, 5.41) is 0. The zero-order valence-corrected chi connectivity index (χ0v) is 12.1. The predicted molar refractivity (Wildman–Crippen MR) is 70.1 cm³/mol. The average molecular weight is 301 g/mol. The molecule has 0 aliphatic rings. The summed E-state index contributed by atoms with van der Waals surface area (Å²) in [5.41, 5.74) is -0.497. The maximum absolute atomic E-state index is 11.7. The summed E-state index contributed by atoms with van der Waals surface area (Å²) >= 11 is 3.36. The molecule has 4 heteroatoms.